The molecule has 2 aromatic rings. The Morgan fingerprint density at radius 1 is 1.23 bits per heavy atom. The molecule has 0 N–H and O–H groups in total. The van der Waals surface area contributed by atoms with E-state index in [1.54, 1.807) is 44.5 Å². The molecule has 0 aromatic heterocycles. The highest BCUT2D eigenvalue weighted by molar-refractivity contribution is 9.10. The van der Waals surface area contributed by atoms with Gasteiger partial charge in [-0.05, 0) is 82.7 Å². The normalized spacial score (nSPS) is 16.2. The highest BCUT2D eigenvalue weighted by Gasteiger charge is 2.30. The van der Waals surface area contributed by atoms with Gasteiger partial charge in [-0.1, -0.05) is 0 Å². The molecule has 1 amide bonds. The lowest BCUT2D eigenvalue weighted by Gasteiger charge is -2.12. The fraction of sp³-hybridized carbons (Fsp3) is 0.227. The van der Waals surface area contributed by atoms with Gasteiger partial charge in [-0.2, -0.15) is 0 Å². The first-order valence-corrected chi connectivity index (χ1v) is 10.9. The minimum atomic E-state index is -0.413. The van der Waals surface area contributed by atoms with E-state index >= 15 is 0 Å². The van der Waals surface area contributed by atoms with Crippen molar-refractivity contribution in [2.45, 2.75) is 6.92 Å². The summed E-state index contributed by atoms with van der Waals surface area (Å²) in [5, 5.41) is 0.541. The Bertz CT molecular complexity index is 1070. The van der Waals surface area contributed by atoms with Gasteiger partial charge >= 0.3 is 5.97 Å². The molecule has 0 radical (unpaired) electrons. The van der Waals surface area contributed by atoms with Gasteiger partial charge in [-0.15, -0.1) is 0 Å². The number of methoxy groups -OCH3 is 2. The topological polar surface area (TPSA) is 77.4 Å². The summed E-state index contributed by atoms with van der Waals surface area (Å²) in [4.78, 5) is 30.9. The number of hydrogen-bond donors (Lipinski definition) is 0. The van der Waals surface area contributed by atoms with Crippen LogP contribution >= 0.6 is 27.7 Å². The van der Waals surface area contributed by atoms with E-state index in [1.165, 1.54) is 23.8 Å². The van der Waals surface area contributed by atoms with E-state index in [0.29, 0.717) is 39.4 Å². The van der Waals surface area contributed by atoms with Gasteiger partial charge in [0, 0.05) is 7.05 Å². The summed E-state index contributed by atoms with van der Waals surface area (Å²) in [5.41, 5.74) is 1.85. The van der Waals surface area contributed by atoms with Gasteiger partial charge in [-0.3, -0.25) is 9.69 Å². The summed E-state index contributed by atoms with van der Waals surface area (Å²) in [6, 6.07) is 10.4. The van der Waals surface area contributed by atoms with Crippen LogP contribution in [0.25, 0.3) is 6.08 Å². The van der Waals surface area contributed by atoms with Crippen LogP contribution in [0.2, 0.25) is 0 Å². The summed E-state index contributed by atoms with van der Waals surface area (Å²) < 4.78 is 16.5. The molecule has 1 saturated heterocycles. The standard InChI is InChI=1S/C22H21BrN2O5S/c1-5-30-19-16(23)10-13(11-17(19)28-3)12-18-20(26)25(2)22(31-18)24-15-8-6-14(7-9-15)21(27)29-4/h6-12H,5H2,1-4H3/b18-12+,24-22?. The maximum Gasteiger partial charge on any atom is 0.337 e. The fourth-order valence-corrected chi connectivity index (χ4v) is 4.37. The van der Waals surface area contributed by atoms with Gasteiger partial charge in [0.1, 0.15) is 0 Å². The van der Waals surface area contributed by atoms with Crippen LogP contribution in [0.5, 0.6) is 11.5 Å². The minimum Gasteiger partial charge on any atom is -0.493 e. The van der Waals surface area contributed by atoms with Crippen LogP contribution in [0.15, 0.2) is 50.8 Å². The number of amides is 1. The second kappa shape index (κ2) is 10.0. The van der Waals surface area contributed by atoms with Crippen molar-refractivity contribution in [3.05, 3.63) is 56.9 Å². The summed E-state index contributed by atoms with van der Waals surface area (Å²) in [7, 11) is 4.58. The Labute approximate surface area is 193 Å². The highest BCUT2D eigenvalue weighted by atomic mass is 79.9. The maximum absolute atomic E-state index is 12.7. The first-order chi connectivity index (χ1) is 14.9. The number of benzene rings is 2. The number of halogens is 1. The summed E-state index contributed by atoms with van der Waals surface area (Å²) in [5.74, 6) is 0.626. The van der Waals surface area contributed by atoms with Crippen LogP contribution in [0.3, 0.4) is 0 Å². The van der Waals surface area contributed by atoms with Crippen molar-refractivity contribution in [3.63, 3.8) is 0 Å². The molecule has 0 unspecified atom stereocenters. The van der Waals surface area contributed by atoms with Crippen molar-refractivity contribution in [3.8, 4) is 11.5 Å². The first kappa shape index (κ1) is 22.9. The average molecular weight is 505 g/mol. The monoisotopic (exact) mass is 504 g/mol. The van der Waals surface area contributed by atoms with E-state index in [0.717, 1.165) is 10.0 Å². The van der Waals surface area contributed by atoms with Crippen LogP contribution in [0, 0.1) is 0 Å². The molecule has 1 aliphatic heterocycles. The van der Waals surface area contributed by atoms with Gasteiger partial charge in [0.05, 0.1) is 41.5 Å². The number of nitrogens with zero attached hydrogens (tertiary/aromatic N) is 2. The maximum atomic E-state index is 12.7. The number of esters is 1. The molecule has 0 bridgehead atoms. The Kier molecular flexibility index (Phi) is 7.40. The summed E-state index contributed by atoms with van der Waals surface area (Å²) in [6.07, 6.45) is 1.79. The molecule has 0 saturated carbocycles. The van der Waals surface area contributed by atoms with E-state index in [9.17, 15) is 9.59 Å². The molecule has 0 aliphatic carbocycles. The number of aliphatic imine (C=N–C) groups is 1. The van der Waals surface area contributed by atoms with E-state index < -0.39 is 5.97 Å². The van der Waals surface area contributed by atoms with Crippen molar-refractivity contribution < 1.29 is 23.8 Å². The van der Waals surface area contributed by atoms with Crippen molar-refractivity contribution >= 4 is 56.5 Å². The Morgan fingerprint density at radius 2 is 1.94 bits per heavy atom. The van der Waals surface area contributed by atoms with E-state index in [-0.39, 0.29) is 5.91 Å². The van der Waals surface area contributed by atoms with Gasteiger partial charge in [0.15, 0.2) is 16.7 Å². The summed E-state index contributed by atoms with van der Waals surface area (Å²) in [6.45, 7) is 2.41. The van der Waals surface area contributed by atoms with Crippen molar-refractivity contribution in [1.29, 1.82) is 0 Å². The number of rotatable bonds is 6. The number of thioether (sulfide) groups is 1. The van der Waals surface area contributed by atoms with E-state index in [2.05, 4.69) is 20.9 Å². The lowest BCUT2D eigenvalue weighted by Crippen LogP contribution is -2.23. The fourth-order valence-electron chi connectivity index (χ4n) is 2.81. The zero-order valence-electron chi connectivity index (χ0n) is 17.5. The number of amidine groups is 1. The Balaban J connectivity index is 1.87. The van der Waals surface area contributed by atoms with Crippen LogP contribution in [-0.2, 0) is 9.53 Å². The molecule has 9 heteroatoms. The molecule has 1 aliphatic rings. The third-order valence-corrected chi connectivity index (χ3v) is 6.00. The molecule has 1 fully saturated rings. The van der Waals surface area contributed by atoms with E-state index in [4.69, 9.17) is 14.2 Å². The Morgan fingerprint density at radius 3 is 2.55 bits per heavy atom. The zero-order valence-corrected chi connectivity index (χ0v) is 19.9. The molecule has 2 aromatic carbocycles. The van der Waals surface area contributed by atoms with Crippen LogP contribution in [0.4, 0.5) is 5.69 Å². The second-order valence-electron chi connectivity index (χ2n) is 6.37. The van der Waals surface area contributed by atoms with Crippen molar-refractivity contribution in [1.82, 2.24) is 4.90 Å². The molecule has 162 valence electrons. The predicted molar refractivity (Wildman–Crippen MR) is 125 cm³/mol. The van der Waals surface area contributed by atoms with Crippen molar-refractivity contribution in [2.75, 3.05) is 27.9 Å². The number of ether oxygens (including phenoxy) is 3. The molecule has 1 heterocycles. The van der Waals surface area contributed by atoms with E-state index in [1.807, 2.05) is 19.1 Å². The van der Waals surface area contributed by atoms with Gasteiger partial charge in [-0.25, -0.2) is 9.79 Å². The minimum absolute atomic E-state index is 0.154. The second-order valence-corrected chi connectivity index (χ2v) is 8.24. The SMILES string of the molecule is CCOc1c(Br)cc(/C=C2/SC(=Nc3ccc(C(=O)OC)cc3)N(C)C2=O)cc1OC. The quantitative estimate of drug-likeness (QED) is 0.412. The molecule has 0 atom stereocenters. The predicted octanol–water partition coefficient (Wildman–Crippen LogP) is 4.88. The lowest BCUT2D eigenvalue weighted by atomic mass is 10.2. The first-order valence-electron chi connectivity index (χ1n) is 9.33. The Hall–Kier alpha value is -2.78. The molecule has 3 rings (SSSR count). The number of carbonyl (C=O) groups is 2. The van der Waals surface area contributed by atoms with Crippen LogP contribution < -0.4 is 9.47 Å². The number of carbonyl (C=O) groups excluding carboxylic acids is 2. The van der Waals surface area contributed by atoms with Gasteiger partial charge < -0.3 is 14.2 Å². The van der Waals surface area contributed by atoms with Crippen LogP contribution in [0.1, 0.15) is 22.8 Å². The van der Waals surface area contributed by atoms with Crippen molar-refractivity contribution in [2.24, 2.45) is 4.99 Å². The number of hydrogen-bond acceptors (Lipinski definition) is 7. The third kappa shape index (κ3) is 5.11. The third-order valence-electron chi connectivity index (χ3n) is 4.35. The molecular weight excluding hydrogens is 484 g/mol. The number of likely N-dealkylation sites (N-methyl/N-ethyl adjacent to an activating group) is 1. The molecule has 0 spiro atoms. The smallest absolute Gasteiger partial charge is 0.337 e. The van der Waals surface area contributed by atoms with Gasteiger partial charge in [0.2, 0.25) is 0 Å². The molecule has 31 heavy (non-hydrogen) atoms. The zero-order chi connectivity index (χ0) is 22.5. The molecule has 7 nitrogen and oxygen atoms in total. The average Bonchev–Trinajstić information content (AvgIpc) is 3.03. The highest BCUT2D eigenvalue weighted by Crippen LogP contribution is 2.39. The largest absolute Gasteiger partial charge is 0.493 e. The summed E-state index contributed by atoms with van der Waals surface area (Å²) >= 11 is 4.77. The van der Waals surface area contributed by atoms with Crippen LogP contribution in [-0.4, -0.2) is 49.8 Å². The molecular formula is C22H21BrN2O5S. The lowest BCUT2D eigenvalue weighted by molar-refractivity contribution is -0.121. The van der Waals surface area contributed by atoms with Gasteiger partial charge in [0.25, 0.3) is 5.91 Å².